The van der Waals surface area contributed by atoms with Crippen molar-refractivity contribution in [2.45, 2.75) is 0 Å². The van der Waals surface area contributed by atoms with E-state index in [1.807, 2.05) is 0 Å². The van der Waals surface area contributed by atoms with Crippen LogP contribution in [0, 0.1) is 5.41 Å². The molecule has 2 amide bonds. The number of hydrogen-bond acceptors (Lipinski definition) is 3. The number of carbonyl (C=O) groups is 1. The summed E-state index contributed by atoms with van der Waals surface area (Å²) in [6.07, 6.45) is 2.34. The SMILES string of the molecule is CN=CN(C)C(=O)N(C)C=N. The summed E-state index contributed by atoms with van der Waals surface area (Å²) in [4.78, 5) is 17.2. The molecule has 0 rings (SSSR count). The molecule has 1 N–H and O–H groups in total. The largest absolute Gasteiger partial charge is 0.329 e. The van der Waals surface area contributed by atoms with E-state index in [9.17, 15) is 4.79 Å². The maximum Gasteiger partial charge on any atom is 0.329 e. The lowest BCUT2D eigenvalue weighted by Crippen LogP contribution is -2.36. The van der Waals surface area contributed by atoms with Crippen LogP contribution in [0.15, 0.2) is 4.99 Å². The zero-order valence-corrected chi connectivity index (χ0v) is 6.90. The van der Waals surface area contributed by atoms with Crippen LogP contribution in [-0.2, 0) is 0 Å². The van der Waals surface area contributed by atoms with Gasteiger partial charge in [0, 0.05) is 21.1 Å². The Hall–Kier alpha value is -1.39. The van der Waals surface area contributed by atoms with Gasteiger partial charge in [-0.2, -0.15) is 0 Å². The highest BCUT2D eigenvalue weighted by Gasteiger charge is 2.08. The van der Waals surface area contributed by atoms with Gasteiger partial charge in [0.15, 0.2) is 0 Å². The van der Waals surface area contributed by atoms with E-state index in [0.717, 1.165) is 11.2 Å². The van der Waals surface area contributed by atoms with E-state index in [0.29, 0.717) is 0 Å². The minimum atomic E-state index is -0.286. The van der Waals surface area contributed by atoms with Gasteiger partial charge in [-0.1, -0.05) is 0 Å². The van der Waals surface area contributed by atoms with Gasteiger partial charge in [0.1, 0.15) is 0 Å². The van der Waals surface area contributed by atoms with Crippen molar-refractivity contribution in [3.63, 3.8) is 0 Å². The minimum Gasteiger partial charge on any atom is -0.291 e. The van der Waals surface area contributed by atoms with E-state index >= 15 is 0 Å². The van der Waals surface area contributed by atoms with Crippen LogP contribution in [-0.4, -0.2) is 49.7 Å². The van der Waals surface area contributed by atoms with Crippen molar-refractivity contribution >= 4 is 18.7 Å². The van der Waals surface area contributed by atoms with E-state index in [1.165, 1.54) is 18.3 Å². The Morgan fingerprint density at radius 2 is 2.00 bits per heavy atom. The van der Waals surface area contributed by atoms with Crippen LogP contribution in [0.1, 0.15) is 0 Å². The lowest BCUT2D eigenvalue weighted by molar-refractivity contribution is 0.212. The predicted molar refractivity (Wildman–Crippen MR) is 44.1 cm³/mol. The summed E-state index contributed by atoms with van der Waals surface area (Å²) in [5, 5.41) is 6.77. The van der Waals surface area contributed by atoms with E-state index in [2.05, 4.69) is 4.99 Å². The predicted octanol–water partition coefficient (Wildman–Crippen LogP) is 0.235. The number of aliphatic imine (C=N–C) groups is 1. The number of urea groups is 1. The first kappa shape index (κ1) is 9.61. The lowest BCUT2D eigenvalue weighted by atomic mass is 10.7. The Kier molecular flexibility index (Phi) is 3.87. The first-order chi connectivity index (χ1) is 5.13. The summed E-state index contributed by atoms with van der Waals surface area (Å²) in [6, 6.07) is -0.286. The molecule has 62 valence electrons. The summed E-state index contributed by atoms with van der Waals surface area (Å²) in [5.41, 5.74) is 0. The third-order valence-corrected chi connectivity index (χ3v) is 1.09. The van der Waals surface area contributed by atoms with Crippen LogP contribution in [0.2, 0.25) is 0 Å². The van der Waals surface area contributed by atoms with Crippen molar-refractivity contribution in [1.29, 1.82) is 5.41 Å². The molecule has 0 aromatic heterocycles. The van der Waals surface area contributed by atoms with Gasteiger partial charge in [-0.15, -0.1) is 0 Å². The summed E-state index contributed by atoms with van der Waals surface area (Å²) >= 11 is 0. The van der Waals surface area contributed by atoms with Gasteiger partial charge < -0.3 is 0 Å². The fraction of sp³-hybridized carbons (Fsp3) is 0.500. The highest BCUT2D eigenvalue weighted by Crippen LogP contribution is 1.86. The zero-order chi connectivity index (χ0) is 8.85. The molecule has 0 atom stereocenters. The quantitative estimate of drug-likeness (QED) is 0.451. The molecule has 0 aliphatic carbocycles. The number of nitrogens with one attached hydrogen (secondary N) is 1. The molecule has 5 nitrogen and oxygen atoms in total. The Morgan fingerprint density at radius 3 is 2.36 bits per heavy atom. The van der Waals surface area contributed by atoms with Gasteiger partial charge >= 0.3 is 6.03 Å². The molecular formula is C6H12N4O. The molecule has 0 radical (unpaired) electrons. The van der Waals surface area contributed by atoms with Crippen molar-refractivity contribution in [2.75, 3.05) is 21.1 Å². The smallest absolute Gasteiger partial charge is 0.291 e. The third kappa shape index (κ3) is 2.79. The number of nitrogens with zero attached hydrogens (tertiary/aromatic N) is 3. The number of amides is 2. The summed E-state index contributed by atoms with van der Waals surface area (Å²) in [6.45, 7) is 0. The molecule has 0 aromatic carbocycles. The molecule has 0 bridgehead atoms. The second-order valence-corrected chi connectivity index (χ2v) is 2.01. The molecule has 0 aliphatic heterocycles. The average Bonchev–Trinajstić information content (AvgIpc) is 2.02. The minimum absolute atomic E-state index is 0.286. The fourth-order valence-corrected chi connectivity index (χ4v) is 0.527. The second-order valence-electron chi connectivity index (χ2n) is 2.01. The maximum atomic E-state index is 11.1. The van der Waals surface area contributed by atoms with Gasteiger partial charge in [-0.25, -0.2) is 4.79 Å². The van der Waals surface area contributed by atoms with E-state index in [4.69, 9.17) is 5.41 Å². The Morgan fingerprint density at radius 1 is 1.45 bits per heavy atom. The monoisotopic (exact) mass is 156 g/mol. The average molecular weight is 156 g/mol. The van der Waals surface area contributed by atoms with E-state index in [1.54, 1.807) is 14.1 Å². The van der Waals surface area contributed by atoms with Gasteiger partial charge in [0.2, 0.25) is 0 Å². The van der Waals surface area contributed by atoms with E-state index < -0.39 is 0 Å². The van der Waals surface area contributed by atoms with Gasteiger partial charge in [0.05, 0.1) is 12.7 Å². The van der Waals surface area contributed by atoms with Crippen LogP contribution in [0.4, 0.5) is 4.79 Å². The molecule has 0 fully saturated rings. The van der Waals surface area contributed by atoms with Crippen molar-refractivity contribution in [3.05, 3.63) is 0 Å². The Labute approximate surface area is 65.8 Å². The molecule has 0 saturated heterocycles. The number of hydrogen-bond donors (Lipinski definition) is 1. The van der Waals surface area contributed by atoms with Crippen molar-refractivity contribution < 1.29 is 4.79 Å². The second kappa shape index (κ2) is 4.43. The molecule has 0 aromatic rings. The van der Waals surface area contributed by atoms with Crippen LogP contribution in [0.3, 0.4) is 0 Å². The molecule has 0 heterocycles. The maximum absolute atomic E-state index is 11.1. The summed E-state index contributed by atoms with van der Waals surface area (Å²) in [5.74, 6) is 0. The lowest BCUT2D eigenvalue weighted by Gasteiger charge is -2.16. The van der Waals surface area contributed by atoms with Crippen LogP contribution >= 0.6 is 0 Å². The van der Waals surface area contributed by atoms with Gasteiger partial charge in [-0.05, 0) is 0 Å². The Balaban J connectivity index is 4.12. The van der Waals surface area contributed by atoms with Crippen LogP contribution < -0.4 is 0 Å². The van der Waals surface area contributed by atoms with E-state index in [-0.39, 0.29) is 6.03 Å². The van der Waals surface area contributed by atoms with Crippen molar-refractivity contribution in [3.8, 4) is 0 Å². The molecule has 11 heavy (non-hydrogen) atoms. The number of carbonyl (C=O) groups excluding carboxylic acids is 1. The molecule has 0 spiro atoms. The summed E-state index contributed by atoms with van der Waals surface area (Å²) < 4.78 is 0. The first-order valence-corrected chi connectivity index (χ1v) is 3.06. The highest BCUT2D eigenvalue weighted by atomic mass is 16.2. The third-order valence-electron chi connectivity index (χ3n) is 1.09. The normalized spacial score (nSPS) is 9.73. The highest BCUT2D eigenvalue weighted by molar-refractivity contribution is 5.92. The fourth-order valence-electron chi connectivity index (χ4n) is 0.527. The van der Waals surface area contributed by atoms with Crippen molar-refractivity contribution in [2.24, 2.45) is 4.99 Å². The van der Waals surface area contributed by atoms with Crippen LogP contribution in [0.5, 0.6) is 0 Å². The van der Waals surface area contributed by atoms with Gasteiger partial charge in [0.25, 0.3) is 0 Å². The molecule has 5 heteroatoms. The summed E-state index contributed by atoms with van der Waals surface area (Å²) in [7, 11) is 4.67. The van der Waals surface area contributed by atoms with Crippen LogP contribution in [0.25, 0.3) is 0 Å². The molecule has 0 saturated carbocycles. The molecule has 0 unspecified atom stereocenters. The first-order valence-electron chi connectivity index (χ1n) is 3.06. The number of rotatable bonds is 2. The molecular weight excluding hydrogens is 144 g/mol. The zero-order valence-electron chi connectivity index (χ0n) is 6.90. The van der Waals surface area contributed by atoms with Gasteiger partial charge in [-0.3, -0.25) is 20.2 Å². The van der Waals surface area contributed by atoms with Crippen molar-refractivity contribution in [1.82, 2.24) is 9.80 Å². The Bertz CT molecular complexity index is 177. The molecule has 0 aliphatic rings. The standard InChI is InChI=1S/C6H12N4O/c1-8-5-10(3)6(11)9(2)4-7/h4-5,7H,1-3H3. The topological polar surface area (TPSA) is 59.8 Å².